The number of aliphatic hydroxyl groups excluding tert-OH is 1. The van der Waals surface area contributed by atoms with Crippen LogP contribution in [0.3, 0.4) is 0 Å². The third-order valence-electron chi connectivity index (χ3n) is 2.45. The molecule has 1 aromatic rings. The summed E-state index contributed by atoms with van der Waals surface area (Å²) >= 11 is 3.30. The number of hydrogen-bond acceptors (Lipinski definition) is 5. The molecule has 1 rings (SSSR count). The summed E-state index contributed by atoms with van der Waals surface area (Å²) in [6.07, 6.45) is 2.02. The lowest BCUT2D eigenvalue weighted by molar-refractivity contribution is 0.271. The van der Waals surface area contributed by atoms with E-state index in [0.717, 1.165) is 5.69 Å². The van der Waals surface area contributed by atoms with Gasteiger partial charge in [-0.05, 0) is 20.1 Å². The summed E-state index contributed by atoms with van der Waals surface area (Å²) in [6, 6.07) is 0.522. The Kier molecular flexibility index (Phi) is 5.60. The quantitative estimate of drug-likeness (QED) is 0.805. The van der Waals surface area contributed by atoms with Crippen molar-refractivity contribution in [2.24, 2.45) is 0 Å². The minimum atomic E-state index is 0.207. The van der Waals surface area contributed by atoms with Crippen LogP contribution in [0.25, 0.3) is 0 Å². The van der Waals surface area contributed by atoms with Crippen molar-refractivity contribution in [3.63, 3.8) is 0 Å². The highest BCUT2D eigenvalue weighted by molar-refractivity contribution is 7.99. The van der Waals surface area contributed by atoms with Crippen molar-refractivity contribution in [1.82, 2.24) is 10.3 Å². The van der Waals surface area contributed by atoms with Crippen molar-refractivity contribution in [2.45, 2.75) is 31.2 Å². The average molecular weight is 246 g/mol. The summed E-state index contributed by atoms with van der Waals surface area (Å²) in [5, 5.41) is 14.9. The number of thioether (sulfide) groups is 1. The Morgan fingerprint density at radius 3 is 2.80 bits per heavy atom. The molecule has 0 aliphatic rings. The predicted octanol–water partition coefficient (Wildman–Crippen LogP) is 1.91. The molecule has 0 aliphatic heterocycles. The Bertz CT molecular complexity index is 262. The number of hydrogen-bond donors (Lipinski definition) is 2. The molecule has 3 nitrogen and oxygen atoms in total. The van der Waals surface area contributed by atoms with Crippen LogP contribution in [0.4, 0.5) is 0 Å². The van der Waals surface area contributed by atoms with Crippen molar-refractivity contribution >= 4 is 23.1 Å². The van der Waals surface area contributed by atoms with Crippen LogP contribution in [-0.4, -0.2) is 34.2 Å². The van der Waals surface area contributed by atoms with Gasteiger partial charge in [-0.1, -0.05) is 0 Å². The zero-order valence-corrected chi connectivity index (χ0v) is 10.9. The number of nitrogens with zero attached hydrogens (tertiary/aromatic N) is 1. The van der Waals surface area contributed by atoms with Crippen LogP contribution in [0.15, 0.2) is 10.9 Å². The van der Waals surface area contributed by atoms with E-state index in [2.05, 4.69) is 29.5 Å². The molecule has 1 heterocycles. The molecule has 0 bridgehead atoms. The van der Waals surface area contributed by atoms with Crippen molar-refractivity contribution < 1.29 is 5.11 Å². The number of thiazole rings is 1. The highest BCUT2D eigenvalue weighted by Crippen LogP contribution is 2.16. The molecule has 1 aromatic heterocycles. The van der Waals surface area contributed by atoms with Gasteiger partial charge in [-0.2, -0.15) is 11.8 Å². The lowest BCUT2D eigenvalue weighted by Crippen LogP contribution is -2.39. The normalized spacial score (nSPS) is 17.3. The topological polar surface area (TPSA) is 45.1 Å². The molecule has 0 spiro atoms. The molecule has 3 unspecified atom stereocenters. The standard InChI is InChI=1S/C10H18N2OS2/c1-7(9-5-15-6-11-9)12-8(2)10(4-13)14-3/h5-8,10,12-13H,4H2,1-3H3. The van der Waals surface area contributed by atoms with E-state index in [9.17, 15) is 0 Å². The monoisotopic (exact) mass is 246 g/mol. The van der Waals surface area contributed by atoms with Gasteiger partial charge in [0.25, 0.3) is 0 Å². The lowest BCUT2D eigenvalue weighted by atomic mass is 10.2. The fourth-order valence-electron chi connectivity index (χ4n) is 1.46. The average Bonchev–Trinajstić information content (AvgIpc) is 2.72. The molecule has 0 aliphatic carbocycles. The molecule has 0 saturated heterocycles. The Hall–Kier alpha value is -0.100. The van der Waals surface area contributed by atoms with Crippen LogP contribution >= 0.6 is 23.1 Å². The van der Waals surface area contributed by atoms with Crippen molar-refractivity contribution in [1.29, 1.82) is 0 Å². The van der Waals surface area contributed by atoms with Crippen LogP contribution in [-0.2, 0) is 0 Å². The summed E-state index contributed by atoms with van der Waals surface area (Å²) in [4.78, 5) is 4.27. The maximum Gasteiger partial charge on any atom is 0.0795 e. The third kappa shape index (κ3) is 3.75. The molecule has 2 N–H and O–H groups in total. The second-order valence-corrected chi connectivity index (χ2v) is 5.34. The molecule has 0 fully saturated rings. The zero-order valence-electron chi connectivity index (χ0n) is 9.30. The van der Waals surface area contributed by atoms with E-state index in [1.807, 2.05) is 11.8 Å². The van der Waals surface area contributed by atoms with Gasteiger partial charge in [-0.25, -0.2) is 4.98 Å². The maximum absolute atomic E-state index is 9.17. The van der Waals surface area contributed by atoms with Gasteiger partial charge in [0.2, 0.25) is 0 Å². The van der Waals surface area contributed by atoms with E-state index in [1.54, 1.807) is 23.1 Å². The minimum absolute atomic E-state index is 0.207. The Labute approximate surface area is 99.3 Å². The van der Waals surface area contributed by atoms with E-state index in [1.165, 1.54) is 0 Å². The molecule has 86 valence electrons. The third-order valence-corrected chi connectivity index (χ3v) is 4.22. The summed E-state index contributed by atoms with van der Waals surface area (Å²) < 4.78 is 0. The van der Waals surface area contributed by atoms with Crippen LogP contribution in [0.2, 0.25) is 0 Å². The smallest absolute Gasteiger partial charge is 0.0795 e. The van der Waals surface area contributed by atoms with Gasteiger partial charge in [0.05, 0.1) is 17.8 Å². The highest BCUT2D eigenvalue weighted by Gasteiger charge is 2.18. The molecule has 3 atom stereocenters. The predicted molar refractivity (Wildman–Crippen MR) is 67.5 cm³/mol. The molecule has 0 amide bonds. The Morgan fingerprint density at radius 2 is 2.33 bits per heavy atom. The second-order valence-electron chi connectivity index (χ2n) is 3.55. The number of aromatic nitrogens is 1. The van der Waals surface area contributed by atoms with Gasteiger partial charge in [-0.15, -0.1) is 11.3 Å². The summed E-state index contributed by atoms with van der Waals surface area (Å²) in [6.45, 7) is 4.40. The first-order chi connectivity index (χ1) is 7.19. The molecule has 0 radical (unpaired) electrons. The largest absolute Gasteiger partial charge is 0.395 e. The second kappa shape index (κ2) is 6.48. The SMILES string of the molecule is CSC(CO)C(C)NC(C)c1cscn1. The molecule has 0 aromatic carbocycles. The Morgan fingerprint density at radius 1 is 1.60 bits per heavy atom. The van der Waals surface area contributed by atoms with Gasteiger partial charge in [0.1, 0.15) is 0 Å². The van der Waals surface area contributed by atoms with E-state index in [-0.39, 0.29) is 23.9 Å². The first-order valence-electron chi connectivity index (χ1n) is 4.96. The molecule has 5 heteroatoms. The number of rotatable bonds is 6. The molecule has 0 saturated carbocycles. The Balaban J connectivity index is 2.47. The van der Waals surface area contributed by atoms with Crippen molar-refractivity contribution in [3.05, 3.63) is 16.6 Å². The fraction of sp³-hybridized carbons (Fsp3) is 0.700. The van der Waals surface area contributed by atoms with E-state index >= 15 is 0 Å². The summed E-state index contributed by atoms with van der Waals surface area (Å²) in [7, 11) is 0. The summed E-state index contributed by atoms with van der Waals surface area (Å²) in [5.74, 6) is 0. The van der Waals surface area contributed by atoms with Gasteiger partial charge in [-0.3, -0.25) is 0 Å². The molecular formula is C10H18N2OS2. The van der Waals surface area contributed by atoms with Gasteiger partial charge < -0.3 is 10.4 Å². The van der Waals surface area contributed by atoms with E-state index in [0.29, 0.717) is 0 Å². The van der Waals surface area contributed by atoms with Crippen LogP contribution in [0, 0.1) is 0 Å². The van der Waals surface area contributed by atoms with E-state index in [4.69, 9.17) is 5.11 Å². The van der Waals surface area contributed by atoms with Crippen LogP contribution in [0.5, 0.6) is 0 Å². The fourth-order valence-corrected chi connectivity index (χ4v) is 2.74. The molecular weight excluding hydrogens is 228 g/mol. The number of aliphatic hydroxyl groups is 1. The maximum atomic E-state index is 9.17. The lowest BCUT2D eigenvalue weighted by Gasteiger charge is -2.24. The number of nitrogens with one attached hydrogen (secondary N) is 1. The zero-order chi connectivity index (χ0) is 11.3. The van der Waals surface area contributed by atoms with Gasteiger partial charge in [0.15, 0.2) is 0 Å². The summed E-state index contributed by atoms with van der Waals surface area (Å²) in [5.41, 5.74) is 2.92. The first-order valence-corrected chi connectivity index (χ1v) is 7.20. The van der Waals surface area contributed by atoms with E-state index < -0.39 is 0 Å². The van der Waals surface area contributed by atoms with Crippen molar-refractivity contribution in [2.75, 3.05) is 12.9 Å². The van der Waals surface area contributed by atoms with Crippen LogP contribution < -0.4 is 5.32 Å². The van der Waals surface area contributed by atoms with Gasteiger partial charge in [0, 0.05) is 22.7 Å². The van der Waals surface area contributed by atoms with Gasteiger partial charge >= 0.3 is 0 Å². The minimum Gasteiger partial charge on any atom is -0.395 e. The molecule has 15 heavy (non-hydrogen) atoms. The van der Waals surface area contributed by atoms with Crippen LogP contribution in [0.1, 0.15) is 25.6 Å². The highest BCUT2D eigenvalue weighted by atomic mass is 32.2. The first kappa shape index (κ1) is 13.0. The van der Waals surface area contributed by atoms with Crippen molar-refractivity contribution in [3.8, 4) is 0 Å².